The van der Waals surface area contributed by atoms with Crippen molar-refractivity contribution in [3.8, 4) is 0 Å². The minimum atomic E-state index is -0.375. The molecule has 26 heavy (non-hydrogen) atoms. The number of rotatable bonds is 5. The number of carbonyl (C=O) groups excluding carboxylic acids is 1. The van der Waals surface area contributed by atoms with Crippen molar-refractivity contribution >= 4 is 52.2 Å². The van der Waals surface area contributed by atoms with Crippen molar-refractivity contribution in [1.82, 2.24) is 14.6 Å². The Labute approximate surface area is 166 Å². The normalized spacial score (nSPS) is 12.5. The maximum Gasteiger partial charge on any atom is 0.237 e. The summed E-state index contributed by atoms with van der Waals surface area (Å²) in [6, 6.07) is 9.43. The number of anilines is 1. The number of hydrogen-bond donors (Lipinski definition) is 1. The summed E-state index contributed by atoms with van der Waals surface area (Å²) in [4.78, 5) is 12.6. The second-order valence-electron chi connectivity index (χ2n) is 6.17. The van der Waals surface area contributed by atoms with Gasteiger partial charge in [0, 0.05) is 11.9 Å². The summed E-state index contributed by atoms with van der Waals surface area (Å²) >= 11 is 13.5. The van der Waals surface area contributed by atoms with Crippen molar-refractivity contribution in [2.75, 3.05) is 5.32 Å². The van der Waals surface area contributed by atoms with E-state index in [0.717, 1.165) is 11.3 Å². The van der Waals surface area contributed by atoms with Crippen LogP contribution in [-0.4, -0.2) is 25.8 Å². The van der Waals surface area contributed by atoms with E-state index in [1.807, 2.05) is 31.2 Å². The van der Waals surface area contributed by atoms with Gasteiger partial charge in [-0.2, -0.15) is 0 Å². The summed E-state index contributed by atoms with van der Waals surface area (Å²) in [7, 11) is 0. The van der Waals surface area contributed by atoms with E-state index in [4.69, 9.17) is 23.2 Å². The van der Waals surface area contributed by atoms with Crippen LogP contribution in [0.2, 0.25) is 10.0 Å². The Hall–Kier alpha value is -1.76. The number of carbonyl (C=O) groups is 1. The summed E-state index contributed by atoms with van der Waals surface area (Å²) in [6.45, 7) is 6.02. The third-order valence-electron chi connectivity index (χ3n) is 3.89. The molecule has 3 rings (SSSR count). The Morgan fingerprint density at radius 2 is 1.92 bits per heavy atom. The lowest BCUT2D eigenvalue weighted by atomic mass is 10.0. The number of pyridine rings is 1. The van der Waals surface area contributed by atoms with E-state index in [9.17, 15) is 4.79 Å². The molecular formula is C18H18Cl2N4OS. The average molecular weight is 409 g/mol. The highest BCUT2D eigenvalue weighted by molar-refractivity contribution is 8.00. The lowest BCUT2D eigenvalue weighted by molar-refractivity contribution is -0.115. The van der Waals surface area contributed by atoms with E-state index in [1.54, 1.807) is 16.7 Å². The molecule has 0 fully saturated rings. The Balaban J connectivity index is 1.78. The fourth-order valence-electron chi connectivity index (χ4n) is 2.54. The van der Waals surface area contributed by atoms with Crippen molar-refractivity contribution in [2.45, 2.75) is 37.1 Å². The molecule has 0 unspecified atom stereocenters. The van der Waals surface area contributed by atoms with Crippen molar-refractivity contribution in [1.29, 1.82) is 0 Å². The van der Waals surface area contributed by atoms with Crippen molar-refractivity contribution in [3.63, 3.8) is 0 Å². The second kappa shape index (κ2) is 7.86. The van der Waals surface area contributed by atoms with E-state index in [0.29, 0.717) is 26.8 Å². The van der Waals surface area contributed by atoms with Crippen LogP contribution in [0, 0.1) is 0 Å². The standard InChI is InChI=1S/C18H18Cl2N4OS/c1-10(2)13-6-4-5-7-15(13)21-17(25)11(3)26-18-23-22-16-14(20)8-12(19)9-24(16)18/h4-11H,1-3H3,(H,21,25)/t11-/m1/s1. The average Bonchev–Trinajstić information content (AvgIpc) is 2.98. The number of hydrogen-bond acceptors (Lipinski definition) is 4. The molecule has 0 aliphatic heterocycles. The highest BCUT2D eigenvalue weighted by Gasteiger charge is 2.20. The number of halogens is 2. The zero-order valence-electron chi connectivity index (χ0n) is 14.5. The van der Waals surface area contributed by atoms with Crippen LogP contribution in [0.1, 0.15) is 32.3 Å². The third-order valence-corrected chi connectivity index (χ3v) is 5.43. The molecule has 0 aliphatic carbocycles. The van der Waals surface area contributed by atoms with Gasteiger partial charge in [0.1, 0.15) is 0 Å². The summed E-state index contributed by atoms with van der Waals surface area (Å²) in [6.07, 6.45) is 1.68. The number of nitrogens with zero attached hydrogens (tertiary/aromatic N) is 3. The summed E-state index contributed by atoms with van der Waals surface area (Å²) in [5, 5.41) is 12.3. The first-order valence-electron chi connectivity index (χ1n) is 8.13. The van der Waals surface area contributed by atoms with Gasteiger partial charge in [-0.1, -0.05) is 67.0 Å². The Morgan fingerprint density at radius 3 is 2.65 bits per heavy atom. The van der Waals surface area contributed by atoms with Gasteiger partial charge in [0.2, 0.25) is 5.91 Å². The van der Waals surface area contributed by atoms with Crippen LogP contribution < -0.4 is 5.32 Å². The number of benzene rings is 1. The van der Waals surface area contributed by atoms with Gasteiger partial charge in [0.05, 0.1) is 15.3 Å². The maximum absolute atomic E-state index is 12.6. The molecule has 0 bridgehead atoms. The van der Waals surface area contributed by atoms with Crippen LogP contribution in [0.25, 0.3) is 5.65 Å². The van der Waals surface area contributed by atoms with Gasteiger partial charge in [-0.3, -0.25) is 9.20 Å². The molecule has 5 nitrogen and oxygen atoms in total. The van der Waals surface area contributed by atoms with Gasteiger partial charge in [0.25, 0.3) is 0 Å². The molecule has 2 aromatic heterocycles. The second-order valence-corrected chi connectivity index (χ2v) is 8.33. The molecule has 2 heterocycles. The molecule has 1 amide bonds. The first-order chi connectivity index (χ1) is 12.4. The predicted octanol–water partition coefficient (Wildman–Crippen LogP) is 5.28. The van der Waals surface area contributed by atoms with Gasteiger partial charge in [0.15, 0.2) is 10.8 Å². The third kappa shape index (κ3) is 3.98. The van der Waals surface area contributed by atoms with Gasteiger partial charge >= 0.3 is 0 Å². The minimum absolute atomic E-state index is 0.104. The fraction of sp³-hybridized carbons (Fsp3) is 0.278. The van der Waals surface area contributed by atoms with Crippen LogP contribution in [0.5, 0.6) is 0 Å². The topological polar surface area (TPSA) is 59.3 Å². The van der Waals surface area contributed by atoms with Crippen molar-refractivity contribution in [2.24, 2.45) is 0 Å². The molecule has 136 valence electrons. The van der Waals surface area contributed by atoms with Crippen LogP contribution >= 0.6 is 35.0 Å². The maximum atomic E-state index is 12.6. The fourth-order valence-corrected chi connectivity index (χ4v) is 3.87. The lowest BCUT2D eigenvalue weighted by Gasteiger charge is -2.16. The number of aromatic nitrogens is 3. The van der Waals surface area contributed by atoms with Gasteiger partial charge in [-0.15, -0.1) is 10.2 Å². The molecule has 0 saturated heterocycles. The van der Waals surface area contributed by atoms with Crippen molar-refractivity contribution < 1.29 is 4.79 Å². The Bertz CT molecular complexity index is 958. The number of fused-ring (bicyclic) bond motifs is 1. The number of amides is 1. The molecule has 3 aromatic rings. The van der Waals surface area contributed by atoms with Crippen LogP contribution in [0.4, 0.5) is 5.69 Å². The van der Waals surface area contributed by atoms with E-state index < -0.39 is 0 Å². The first-order valence-corrected chi connectivity index (χ1v) is 9.76. The Morgan fingerprint density at radius 1 is 1.19 bits per heavy atom. The number of nitrogens with one attached hydrogen (secondary N) is 1. The zero-order chi connectivity index (χ0) is 18.8. The van der Waals surface area contributed by atoms with E-state index >= 15 is 0 Å². The molecule has 8 heteroatoms. The molecule has 1 atom stereocenters. The molecule has 0 saturated carbocycles. The Kier molecular flexibility index (Phi) is 5.75. The quantitative estimate of drug-likeness (QED) is 0.583. The minimum Gasteiger partial charge on any atom is -0.325 e. The lowest BCUT2D eigenvalue weighted by Crippen LogP contribution is -2.23. The summed E-state index contributed by atoms with van der Waals surface area (Å²) in [5.41, 5.74) is 2.44. The molecule has 0 aliphatic rings. The molecule has 1 aromatic carbocycles. The largest absolute Gasteiger partial charge is 0.325 e. The van der Waals surface area contributed by atoms with E-state index in [2.05, 4.69) is 29.4 Å². The number of thioether (sulfide) groups is 1. The summed E-state index contributed by atoms with van der Waals surface area (Å²) in [5.74, 6) is 0.215. The number of para-hydroxylation sites is 1. The summed E-state index contributed by atoms with van der Waals surface area (Å²) < 4.78 is 1.70. The van der Waals surface area contributed by atoms with E-state index in [1.165, 1.54) is 11.8 Å². The van der Waals surface area contributed by atoms with Crippen LogP contribution in [0.15, 0.2) is 41.7 Å². The smallest absolute Gasteiger partial charge is 0.237 e. The van der Waals surface area contributed by atoms with Gasteiger partial charge < -0.3 is 5.32 Å². The SMILES string of the molecule is CC(C)c1ccccc1NC(=O)[C@@H](C)Sc1nnc2c(Cl)cc(Cl)cn12. The van der Waals surface area contributed by atoms with Crippen LogP contribution in [-0.2, 0) is 4.79 Å². The van der Waals surface area contributed by atoms with Crippen molar-refractivity contribution in [3.05, 3.63) is 52.1 Å². The van der Waals surface area contributed by atoms with Crippen LogP contribution in [0.3, 0.4) is 0 Å². The first kappa shape index (κ1) is 19.0. The molecular weight excluding hydrogens is 391 g/mol. The van der Waals surface area contributed by atoms with Gasteiger partial charge in [-0.25, -0.2) is 0 Å². The monoisotopic (exact) mass is 408 g/mol. The zero-order valence-corrected chi connectivity index (χ0v) is 16.9. The molecule has 0 radical (unpaired) electrons. The van der Waals surface area contributed by atoms with E-state index in [-0.39, 0.29) is 11.2 Å². The van der Waals surface area contributed by atoms with Gasteiger partial charge in [-0.05, 0) is 30.5 Å². The predicted molar refractivity (Wildman–Crippen MR) is 107 cm³/mol. The highest BCUT2D eigenvalue weighted by Crippen LogP contribution is 2.29. The highest BCUT2D eigenvalue weighted by atomic mass is 35.5. The molecule has 1 N–H and O–H groups in total. The molecule has 0 spiro atoms.